The highest BCUT2D eigenvalue weighted by molar-refractivity contribution is 9.10. The number of nitrogens with zero attached hydrogens (tertiary/aromatic N) is 4. The maximum atomic E-state index is 12.2. The van der Waals surface area contributed by atoms with E-state index >= 15 is 0 Å². The number of rotatable bonds is 7. The summed E-state index contributed by atoms with van der Waals surface area (Å²) in [6, 6.07) is 9.56. The lowest BCUT2D eigenvalue weighted by Gasteiger charge is -2.07. The molecule has 0 aliphatic rings. The van der Waals surface area contributed by atoms with Gasteiger partial charge in [-0.05, 0) is 52.3 Å². The van der Waals surface area contributed by atoms with Crippen molar-refractivity contribution in [3.63, 3.8) is 0 Å². The van der Waals surface area contributed by atoms with Crippen molar-refractivity contribution >= 4 is 39.4 Å². The molecule has 11 heteroatoms. The third kappa shape index (κ3) is 5.26. The number of carbonyl (C=O) groups is 1. The quantitative estimate of drug-likeness (QED) is 0.527. The highest BCUT2D eigenvalue weighted by atomic mass is 79.9. The van der Waals surface area contributed by atoms with Crippen LogP contribution in [-0.2, 0) is 11.8 Å². The summed E-state index contributed by atoms with van der Waals surface area (Å²) in [7, 11) is 1.76. The second-order valence-corrected chi connectivity index (χ2v) is 7.32. The van der Waals surface area contributed by atoms with Gasteiger partial charge in [-0.1, -0.05) is 11.8 Å². The number of nitrogens with one attached hydrogen (secondary N) is 1. The van der Waals surface area contributed by atoms with Crippen LogP contribution in [0.2, 0.25) is 0 Å². The van der Waals surface area contributed by atoms with Gasteiger partial charge in [0.15, 0.2) is 11.0 Å². The predicted octanol–water partition coefficient (Wildman–Crippen LogP) is 3.97. The normalized spacial score (nSPS) is 10.9. The van der Waals surface area contributed by atoms with Crippen LogP contribution in [0.1, 0.15) is 0 Å². The molecular weight excluding hydrogens is 456 g/mol. The van der Waals surface area contributed by atoms with E-state index in [1.807, 2.05) is 0 Å². The number of anilines is 1. The maximum absolute atomic E-state index is 12.2. The minimum absolute atomic E-state index is 0.0636. The molecular formula is C17H14BrF2N5O2S. The molecule has 0 radical (unpaired) electrons. The van der Waals surface area contributed by atoms with Crippen LogP contribution in [0.15, 0.2) is 52.2 Å². The van der Waals surface area contributed by atoms with Gasteiger partial charge in [-0.2, -0.15) is 8.78 Å². The molecule has 3 aromatic rings. The van der Waals surface area contributed by atoms with Crippen molar-refractivity contribution in [2.45, 2.75) is 11.8 Å². The van der Waals surface area contributed by atoms with Gasteiger partial charge in [0, 0.05) is 23.3 Å². The summed E-state index contributed by atoms with van der Waals surface area (Å²) in [5, 5.41) is 11.4. The zero-order chi connectivity index (χ0) is 20.1. The van der Waals surface area contributed by atoms with Crippen molar-refractivity contribution in [2.24, 2.45) is 7.05 Å². The first-order chi connectivity index (χ1) is 13.4. The molecule has 7 nitrogen and oxygen atoms in total. The fourth-order valence-corrected chi connectivity index (χ4v) is 3.18. The molecule has 0 unspecified atom stereocenters. The Morgan fingerprint density at radius 3 is 2.64 bits per heavy atom. The van der Waals surface area contributed by atoms with Crippen molar-refractivity contribution in [1.82, 2.24) is 19.7 Å². The highest BCUT2D eigenvalue weighted by Crippen LogP contribution is 2.25. The molecule has 3 rings (SSSR count). The van der Waals surface area contributed by atoms with E-state index in [-0.39, 0.29) is 17.4 Å². The monoisotopic (exact) mass is 469 g/mol. The lowest BCUT2D eigenvalue weighted by molar-refractivity contribution is -0.113. The Bertz CT molecular complexity index is 951. The topological polar surface area (TPSA) is 81.9 Å². The summed E-state index contributed by atoms with van der Waals surface area (Å²) < 4.78 is 31.3. The van der Waals surface area contributed by atoms with Gasteiger partial charge in [0.25, 0.3) is 0 Å². The zero-order valence-corrected chi connectivity index (χ0v) is 16.9. The third-order valence-corrected chi connectivity index (χ3v) is 4.99. The molecule has 0 saturated carbocycles. The number of aromatic nitrogens is 4. The van der Waals surface area contributed by atoms with Gasteiger partial charge < -0.3 is 14.6 Å². The maximum Gasteiger partial charge on any atom is 0.387 e. The van der Waals surface area contributed by atoms with E-state index < -0.39 is 6.61 Å². The SMILES string of the molecule is Cn1c(SCC(=O)Nc2ccc(Br)cn2)nnc1-c1ccc(OC(F)F)cc1. The average molecular weight is 470 g/mol. The number of pyridine rings is 1. The summed E-state index contributed by atoms with van der Waals surface area (Å²) in [5.74, 6) is 0.969. The molecule has 0 saturated heterocycles. The van der Waals surface area contributed by atoms with Gasteiger partial charge in [0.2, 0.25) is 5.91 Å². The van der Waals surface area contributed by atoms with E-state index in [0.717, 1.165) is 4.47 Å². The minimum Gasteiger partial charge on any atom is -0.435 e. The van der Waals surface area contributed by atoms with E-state index in [0.29, 0.717) is 22.4 Å². The number of benzene rings is 1. The smallest absolute Gasteiger partial charge is 0.387 e. The molecule has 1 amide bonds. The Morgan fingerprint density at radius 2 is 2.00 bits per heavy atom. The molecule has 0 aliphatic carbocycles. The standard InChI is InChI=1S/C17H14BrF2N5O2S/c1-25-15(10-2-5-12(6-3-10)27-16(19)20)23-24-17(25)28-9-14(26)22-13-7-4-11(18)8-21-13/h2-8,16H,9H2,1H3,(H,21,22,26). The number of alkyl halides is 2. The van der Waals surface area contributed by atoms with Crippen LogP contribution in [0.3, 0.4) is 0 Å². The number of hydrogen-bond acceptors (Lipinski definition) is 6. The lowest BCUT2D eigenvalue weighted by atomic mass is 10.2. The van der Waals surface area contributed by atoms with Gasteiger partial charge in [-0.15, -0.1) is 10.2 Å². The van der Waals surface area contributed by atoms with E-state index in [1.54, 1.807) is 42.1 Å². The van der Waals surface area contributed by atoms with Crippen LogP contribution in [0.4, 0.5) is 14.6 Å². The Kier molecular flexibility index (Phi) is 6.57. The number of amides is 1. The van der Waals surface area contributed by atoms with E-state index in [4.69, 9.17) is 0 Å². The molecule has 1 N–H and O–H groups in total. The van der Waals surface area contributed by atoms with Crippen LogP contribution in [0, 0.1) is 0 Å². The number of hydrogen-bond donors (Lipinski definition) is 1. The van der Waals surface area contributed by atoms with Gasteiger partial charge in [0.05, 0.1) is 5.75 Å². The lowest BCUT2D eigenvalue weighted by Crippen LogP contribution is -2.15. The fraction of sp³-hybridized carbons (Fsp3) is 0.176. The molecule has 0 atom stereocenters. The predicted molar refractivity (Wildman–Crippen MR) is 104 cm³/mol. The Hall–Kier alpha value is -2.53. The second-order valence-electron chi connectivity index (χ2n) is 5.47. The molecule has 2 heterocycles. The van der Waals surface area contributed by atoms with Crippen molar-refractivity contribution in [2.75, 3.05) is 11.1 Å². The number of ether oxygens (including phenoxy) is 1. The van der Waals surface area contributed by atoms with Crippen molar-refractivity contribution < 1.29 is 18.3 Å². The van der Waals surface area contributed by atoms with E-state index in [9.17, 15) is 13.6 Å². The van der Waals surface area contributed by atoms with Gasteiger partial charge >= 0.3 is 6.61 Å². The van der Waals surface area contributed by atoms with Crippen LogP contribution in [0.25, 0.3) is 11.4 Å². The Balaban J connectivity index is 1.61. The molecule has 0 spiro atoms. The van der Waals surface area contributed by atoms with Gasteiger partial charge in [-0.25, -0.2) is 4.98 Å². The first kappa shape index (κ1) is 20.2. The minimum atomic E-state index is -2.87. The molecule has 2 aromatic heterocycles. The largest absolute Gasteiger partial charge is 0.435 e. The zero-order valence-electron chi connectivity index (χ0n) is 14.5. The summed E-state index contributed by atoms with van der Waals surface area (Å²) >= 11 is 4.50. The van der Waals surface area contributed by atoms with Crippen LogP contribution < -0.4 is 10.1 Å². The number of carbonyl (C=O) groups excluding carboxylic acids is 1. The highest BCUT2D eigenvalue weighted by Gasteiger charge is 2.14. The molecule has 0 fully saturated rings. The summed E-state index contributed by atoms with van der Waals surface area (Å²) in [5.41, 5.74) is 0.687. The molecule has 28 heavy (non-hydrogen) atoms. The number of thioether (sulfide) groups is 1. The average Bonchev–Trinajstić information content (AvgIpc) is 3.03. The molecule has 146 valence electrons. The van der Waals surface area contributed by atoms with Gasteiger partial charge in [-0.3, -0.25) is 4.79 Å². The first-order valence-corrected chi connectivity index (χ1v) is 9.69. The molecule has 0 bridgehead atoms. The Morgan fingerprint density at radius 1 is 1.25 bits per heavy atom. The number of halogens is 3. The van der Waals surface area contributed by atoms with E-state index in [2.05, 4.69) is 41.2 Å². The van der Waals surface area contributed by atoms with Crippen molar-refractivity contribution in [3.8, 4) is 17.1 Å². The van der Waals surface area contributed by atoms with Crippen molar-refractivity contribution in [1.29, 1.82) is 0 Å². The Labute approximate surface area is 171 Å². The van der Waals surface area contributed by atoms with Gasteiger partial charge in [0.1, 0.15) is 11.6 Å². The van der Waals surface area contributed by atoms with Crippen LogP contribution in [-0.4, -0.2) is 38.0 Å². The molecule has 0 aliphatic heterocycles. The van der Waals surface area contributed by atoms with Crippen LogP contribution in [0.5, 0.6) is 5.75 Å². The molecule has 1 aromatic carbocycles. The summed E-state index contributed by atoms with van der Waals surface area (Å²) in [4.78, 5) is 16.1. The fourth-order valence-electron chi connectivity index (χ4n) is 2.24. The second kappa shape index (κ2) is 9.11. The first-order valence-electron chi connectivity index (χ1n) is 7.91. The third-order valence-electron chi connectivity index (χ3n) is 3.50. The van der Waals surface area contributed by atoms with E-state index in [1.165, 1.54) is 23.9 Å². The van der Waals surface area contributed by atoms with Crippen molar-refractivity contribution in [3.05, 3.63) is 47.1 Å². The van der Waals surface area contributed by atoms with Crippen LogP contribution >= 0.6 is 27.7 Å². The summed E-state index contributed by atoms with van der Waals surface area (Å²) in [6.07, 6.45) is 1.59. The summed E-state index contributed by atoms with van der Waals surface area (Å²) in [6.45, 7) is -2.87.